The van der Waals surface area contributed by atoms with Crippen molar-refractivity contribution in [1.82, 2.24) is 0 Å². The summed E-state index contributed by atoms with van der Waals surface area (Å²) in [6, 6.07) is 11.3. The largest absolute Gasteiger partial charge is 0.493 e. The van der Waals surface area contributed by atoms with Crippen LogP contribution >= 0.6 is 0 Å². The van der Waals surface area contributed by atoms with Crippen LogP contribution in [0.4, 0.5) is 8.78 Å². The van der Waals surface area contributed by atoms with Crippen LogP contribution in [0.5, 0.6) is 11.5 Å². The highest BCUT2D eigenvalue weighted by Crippen LogP contribution is 2.58. The van der Waals surface area contributed by atoms with Crippen molar-refractivity contribution >= 4 is 21.0 Å². The van der Waals surface area contributed by atoms with Gasteiger partial charge in [-0.2, -0.15) is 8.78 Å². The van der Waals surface area contributed by atoms with Gasteiger partial charge < -0.3 is 9.47 Å². The molecule has 0 amide bonds. The minimum absolute atomic E-state index is 0.0194. The number of allylic oxidation sites excluding steroid dienone is 4. The van der Waals surface area contributed by atoms with Gasteiger partial charge in [0.25, 0.3) is 0 Å². The summed E-state index contributed by atoms with van der Waals surface area (Å²) in [5, 5.41) is 0. The van der Waals surface area contributed by atoms with Crippen LogP contribution < -0.4 is 9.47 Å². The summed E-state index contributed by atoms with van der Waals surface area (Å²) in [5.41, 5.74) is 3.71. The molecule has 0 atom stereocenters. The lowest BCUT2D eigenvalue weighted by Gasteiger charge is -2.13. The zero-order valence-corrected chi connectivity index (χ0v) is 16.8. The minimum Gasteiger partial charge on any atom is -0.493 e. The number of hydrogen-bond donors (Lipinski definition) is 0. The van der Waals surface area contributed by atoms with E-state index in [9.17, 15) is 17.2 Å². The molecule has 152 valence electrons. The molecule has 0 bridgehead atoms. The van der Waals surface area contributed by atoms with E-state index in [2.05, 4.69) is 12.2 Å². The normalized spacial score (nSPS) is 17.3. The van der Waals surface area contributed by atoms with Crippen LogP contribution in [0.2, 0.25) is 0 Å². The summed E-state index contributed by atoms with van der Waals surface area (Å²) < 4.78 is 59.7. The summed E-state index contributed by atoms with van der Waals surface area (Å²) in [7, 11) is -1.46. The molecule has 0 N–H and O–H groups in total. The molecule has 7 heteroatoms. The van der Waals surface area contributed by atoms with Crippen molar-refractivity contribution in [3.05, 3.63) is 65.7 Å². The van der Waals surface area contributed by atoms with E-state index < -0.39 is 15.6 Å². The maximum Gasteiger partial charge on any atom is 0.341 e. The molecule has 2 aromatic carbocycles. The third-order valence-electron chi connectivity index (χ3n) is 5.40. The fraction of sp³-hybridized carbons (Fsp3) is 0.273. The van der Waals surface area contributed by atoms with Gasteiger partial charge in [0.1, 0.15) is 0 Å². The summed E-state index contributed by atoms with van der Waals surface area (Å²) in [6.07, 6.45) is 6.49. The number of sulfone groups is 1. The van der Waals surface area contributed by atoms with Crippen LogP contribution in [0, 0.1) is 5.41 Å². The van der Waals surface area contributed by atoms with E-state index in [4.69, 9.17) is 9.47 Å². The van der Waals surface area contributed by atoms with Crippen molar-refractivity contribution in [3.63, 3.8) is 0 Å². The van der Waals surface area contributed by atoms with Crippen molar-refractivity contribution in [1.29, 1.82) is 0 Å². The Balaban J connectivity index is 1.73. The zero-order chi connectivity index (χ0) is 20.8. The molecule has 29 heavy (non-hydrogen) atoms. The molecule has 4 rings (SSSR count). The van der Waals surface area contributed by atoms with Gasteiger partial charge in [-0.05, 0) is 59.4 Å². The average Bonchev–Trinajstić information content (AvgIpc) is 3.37. The molecular weight excluding hydrogens is 398 g/mol. The van der Waals surface area contributed by atoms with Crippen molar-refractivity contribution in [2.45, 2.75) is 23.5 Å². The van der Waals surface area contributed by atoms with Crippen LogP contribution in [0.3, 0.4) is 0 Å². The lowest BCUT2D eigenvalue weighted by molar-refractivity contribution is 0.234. The predicted molar refractivity (Wildman–Crippen MR) is 107 cm³/mol. The molecule has 0 saturated heterocycles. The Morgan fingerprint density at radius 2 is 1.41 bits per heavy atom. The highest BCUT2D eigenvalue weighted by atomic mass is 32.2. The van der Waals surface area contributed by atoms with E-state index >= 15 is 0 Å². The first kappa shape index (κ1) is 19.6. The monoisotopic (exact) mass is 418 g/mol. The van der Waals surface area contributed by atoms with Gasteiger partial charge in [0.05, 0.1) is 19.1 Å². The Morgan fingerprint density at radius 3 is 1.93 bits per heavy atom. The molecule has 0 aliphatic heterocycles. The lowest BCUT2D eigenvalue weighted by Crippen LogP contribution is -2.11. The molecule has 1 saturated carbocycles. The Hall–Kier alpha value is -2.67. The number of benzene rings is 2. The third kappa shape index (κ3) is 3.44. The van der Waals surface area contributed by atoms with Gasteiger partial charge in [0, 0.05) is 5.41 Å². The number of halogens is 2. The second-order valence-electron chi connectivity index (χ2n) is 7.25. The number of hydrogen-bond acceptors (Lipinski definition) is 4. The second-order valence-corrected chi connectivity index (χ2v) is 9.17. The first-order valence-corrected chi connectivity index (χ1v) is 10.7. The Kier molecular flexibility index (Phi) is 4.73. The first-order valence-electron chi connectivity index (χ1n) is 9.11. The molecule has 1 spiro atoms. The molecule has 4 nitrogen and oxygen atoms in total. The summed E-state index contributed by atoms with van der Waals surface area (Å²) in [4.78, 5) is -0.382. The van der Waals surface area contributed by atoms with E-state index in [1.807, 2.05) is 18.2 Å². The van der Waals surface area contributed by atoms with Crippen LogP contribution in [0.15, 0.2) is 59.5 Å². The number of ether oxygens (including phenoxy) is 2. The molecule has 0 unspecified atom stereocenters. The minimum atomic E-state index is -4.61. The van der Waals surface area contributed by atoms with Crippen LogP contribution in [-0.2, 0) is 9.84 Å². The van der Waals surface area contributed by atoms with Gasteiger partial charge in [-0.3, -0.25) is 0 Å². The number of rotatable bonds is 6. The average molecular weight is 418 g/mol. The molecule has 2 aromatic rings. The lowest BCUT2D eigenvalue weighted by atomic mass is 9.95. The summed E-state index contributed by atoms with van der Waals surface area (Å²) >= 11 is 0. The van der Waals surface area contributed by atoms with E-state index in [1.54, 1.807) is 26.4 Å². The van der Waals surface area contributed by atoms with E-state index in [-0.39, 0.29) is 10.3 Å². The number of alkyl halides is 2. The quantitative estimate of drug-likeness (QED) is 0.665. The third-order valence-corrected chi connectivity index (χ3v) is 6.80. The van der Waals surface area contributed by atoms with Gasteiger partial charge >= 0.3 is 5.76 Å². The first-order chi connectivity index (χ1) is 13.8. The van der Waals surface area contributed by atoms with E-state index in [0.29, 0.717) is 11.5 Å². The van der Waals surface area contributed by atoms with Gasteiger partial charge in [-0.25, -0.2) is 8.42 Å². The molecule has 1 fully saturated rings. The smallest absolute Gasteiger partial charge is 0.341 e. The molecule has 2 aliphatic carbocycles. The second kappa shape index (κ2) is 6.99. The Morgan fingerprint density at radius 1 is 0.862 bits per heavy atom. The molecule has 0 heterocycles. The fourth-order valence-electron chi connectivity index (χ4n) is 3.61. The number of methoxy groups -OCH3 is 2. The highest BCUT2D eigenvalue weighted by molar-refractivity contribution is 7.91. The zero-order valence-electron chi connectivity index (χ0n) is 16.0. The van der Waals surface area contributed by atoms with Crippen LogP contribution in [0.1, 0.15) is 24.0 Å². The maximum atomic E-state index is 12.8. The Bertz CT molecular complexity index is 1110. The van der Waals surface area contributed by atoms with Crippen LogP contribution in [0.25, 0.3) is 11.1 Å². The molecule has 2 aliphatic rings. The molecule has 0 aromatic heterocycles. The highest BCUT2D eigenvalue weighted by Gasteiger charge is 2.43. The summed E-state index contributed by atoms with van der Waals surface area (Å²) in [5.74, 6) is -2.19. The van der Waals surface area contributed by atoms with Gasteiger partial charge in [-0.1, -0.05) is 30.4 Å². The predicted octanol–water partition coefficient (Wildman–Crippen LogP) is 4.96. The topological polar surface area (TPSA) is 52.6 Å². The SMILES string of the molecule is COc1ccc(C2=CC3(C=C2c2ccc(S(=O)(=O)C(F)F)cc2)CC3)cc1OC. The summed E-state index contributed by atoms with van der Waals surface area (Å²) in [6.45, 7) is 0. The van der Waals surface area contributed by atoms with Crippen molar-refractivity contribution in [2.24, 2.45) is 5.41 Å². The van der Waals surface area contributed by atoms with Crippen LogP contribution in [-0.4, -0.2) is 28.4 Å². The van der Waals surface area contributed by atoms with E-state index in [1.165, 1.54) is 12.1 Å². The van der Waals surface area contributed by atoms with Gasteiger partial charge in [0.15, 0.2) is 11.5 Å². The Labute approximate surface area is 168 Å². The fourth-order valence-corrected chi connectivity index (χ4v) is 4.33. The van der Waals surface area contributed by atoms with E-state index in [0.717, 1.165) is 35.1 Å². The standard InChI is InChI=1S/C22H20F2O4S/c1-27-19-8-5-15(11-20(19)28-2)18-13-22(9-10-22)12-17(18)14-3-6-16(7-4-14)29(25,26)21(23)24/h3-8,11-13,21H,9-10H2,1-2H3. The van der Waals surface area contributed by atoms with Crippen molar-refractivity contribution < 1.29 is 26.7 Å². The van der Waals surface area contributed by atoms with Gasteiger partial charge in [-0.15, -0.1) is 0 Å². The maximum absolute atomic E-state index is 12.8. The van der Waals surface area contributed by atoms with Crippen molar-refractivity contribution in [2.75, 3.05) is 14.2 Å². The van der Waals surface area contributed by atoms with Gasteiger partial charge in [0.2, 0.25) is 9.84 Å². The molecule has 0 radical (unpaired) electrons. The molecular formula is C22H20F2O4S. The van der Waals surface area contributed by atoms with Crippen molar-refractivity contribution in [3.8, 4) is 11.5 Å².